The first-order valence-corrected chi connectivity index (χ1v) is 6.45. The minimum absolute atomic E-state index is 0.411. The molecule has 0 saturated heterocycles. The van der Waals surface area contributed by atoms with Gasteiger partial charge in [-0.25, -0.2) is 0 Å². The van der Waals surface area contributed by atoms with Gasteiger partial charge in [-0.15, -0.1) is 13.2 Å². The van der Waals surface area contributed by atoms with E-state index in [0.717, 1.165) is 5.56 Å². The van der Waals surface area contributed by atoms with Gasteiger partial charge in [0, 0.05) is 0 Å². The lowest BCUT2D eigenvalue weighted by Gasteiger charge is -2.15. The Kier molecular flexibility index (Phi) is 4.85. The molecule has 0 heterocycles. The molecule has 0 N–H and O–H groups in total. The maximum atomic E-state index is 12.1. The molecule has 0 aliphatic heterocycles. The molecule has 2 aromatic carbocycles. The summed E-state index contributed by atoms with van der Waals surface area (Å²) < 4.78 is 45.9. The Balaban J connectivity index is 1.93. The third-order valence-corrected chi connectivity index (χ3v) is 2.91. The molecular formula is C16H15F3O2. The van der Waals surface area contributed by atoms with E-state index in [4.69, 9.17) is 4.74 Å². The van der Waals surface area contributed by atoms with Gasteiger partial charge in [0.25, 0.3) is 0 Å². The van der Waals surface area contributed by atoms with Crippen LogP contribution in [0.5, 0.6) is 5.75 Å². The van der Waals surface area contributed by atoms with E-state index in [-0.39, 0.29) is 0 Å². The van der Waals surface area contributed by atoms with Crippen LogP contribution in [0, 0.1) is 0 Å². The van der Waals surface area contributed by atoms with E-state index in [1.54, 1.807) is 24.3 Å². The van der Waals surface area contributed by atoms with Crippen molar-refractivity contribution in [2.45, 2.75) is 26.0 Å². The van der Waals surface area contributed by atoms with E-state index in [1.165, 1.54) is 6.92 Å². The summed E-state index contributed by atoms with van der Waals surface area (Å²) in [6, 6.07) is 16.0. The summed E-state index contributed by atoms with van der Waals surface area (Å²) >= 11 is 0. The molecule has 2 rings (SSSR count). The van der Waals surface area contributed by atoms with Gasteiger partial charge >= 0.3 is 6.36 Å². The Morgan fingerprint density at radius 1 is 0.952 bits per heavy atom. The molecule has 21 heavy (non-hydrogen) atoms. The van der Waals surface area contributed by atoms with Gasteiger partial charge in [-0.3, -0.25) is 4.74 Å². The van der Waals surface area contributed by atoms with Gasteiger partial charge < -0.3 is 4.74 Å². The SMILES string of the molecule is CC(OC(F)(F)F)c1ccc(OCc2ccccc2)cc1. The second-order valence-corrected chi connectivity index (χ2v) is 4.55. The molecule has 0 radical (unpaired) electrons. The highest BCUT2D eigenvalue weighted by molar-refractivity contribution is 5.28. The molecule has 1 atom stereocenters. The lowest BCUT2D eigenvalue weighted by atomic mass is 10.1. The smallest absolute Gasteiger partial charge is 0.489 e. The van der Waals surface area contributed by atoms with E-state index in [1.807, 2.05) is 30.3 Å². The maximum Gasteiger partial charge on any atom is 0.523 e. The van der Waals surface area contributed by atoms with E-state index < -0.39 is 12.5 Å². The molecule has 0 fully saturated rings. The monoisotopic (exact) mass is 296 g/mol. The summed E-state index contributed by atoms with van der Waals surface area (Å²) in [5, 5.41) is 0. The number of hydrogen-bond acceptors (Lipinski definition) is 2. The number of rotatable bonds is 5. The van der Waals surface area contributed by atoms with E-state index in [2.05, 4.69) is 4.74 Å². The largest absolute Gasteiger partial charge is 0.523 e. The van der Waals surface area contributed by atoms with Crippen molar-refractivity contribution in [1.82, 2.24) is 0 Å². The molecule has 0 spiro atoms. The average molecular weight is 296 g/mol. The van der Waals surface area contributed by atoms with Crippen LogP contribution in [0.1, 0.15) is 24.2 Å². The summed E-state index contributed by atoms with van der Waals surface area (Å²) in [6.45, 7) is 1.77. The van der Waals surface area contributed by atoms with Crippen molar-refractivity contribution in [3.8, 4) is 5.75 Å². The van der Waals surface area contributed by atoms with Gasteiger partial charge in [0.1, 0.15) is 12.4 Å². The predicted molar refractivity (Wildman–Crippen MR) is 72.8 cm³/mol. The predicted octanol–water partition coefficient (Wildman–Crippen LogP) is 4.86. The van der Waals surface area contributed by atoms with Gasteiger partial charge in [-0.05, 0) is 30.2 Å². The summed E-state index contributed by atoms with van der Waals surface area (Å²) in [7, 11) is 0. The lowest BCUT2D eigenvalue weighted by molar-refractivity contribution is -0.342. The van der Waals surface area contributed by atoms with E-state index in [9.17, 15) is 13.2 Å². The Bertz CT molecular complexity index is 550. The zero-order chi connectivity index (χ0) is 15.3. The molecule has 5 heteroatoms. The number of halogens is 3. The number of benzene rings is 2. The molecule has 0 saturated carbocycles. The third kappa shape index (κ3) is 5.11. The van der Waals surface area contributed by atoms with Gasteiger partial charge in [0.05, 0.1) is 6.10 Å². The fourth-order valence-corrected chi connectivity index (χ4v) is 1.84. The van der Waals surface area contributed by atoms with Crippen LogP contribution in [0.2, 0.25) is 0 Å². The molecule has 0 aliphatic carbocycles. The van der Waals surface area contributed by atoms with Crippen molar-refractivity contribution in [1.29, 1.82) is 0 Å². The van der Waals surface area contributed by atoms with Gasteiger partial charge in [0.2, 0.25) is 0 Å². The molecule has 1 unspecified atom stereocenters. The Labute approximate surface area is 121 Å². The second-order valence-electron chi connectivity index (χ2n) is 4.55. The first kappa shape index (κ1) is 15.4. The van der Waals surface area contributed by atoms with Crippen LogP contribution >= 0.6 is 0 Å². The van der Waals surface area contributed by atoms with Crippen LogP contribution < -0.4 is 4.74 Å². The molecule has 2 aromatic rings. The second kappa shape index (κ2) is 6.63. The normalized spacial score (nSPS) is 13.0. The van der Waals surface area contributed by atoms with Gasteiger partial charge in [-0.2, -0.15) is 0 Å². The highest BCUT2D eigenvalue weighted by atomic mass is 19.4. The first-order valence-electron chi connectivity index (χ1n) is 6.45. The zero-order valence-electron chi connectivity index (χ0n) is 11.4. The summed E-state index contributed by atoms with van der Waals surface area (Å²) in [6.07, 6.45) is -5.68. The Morgan fingerprint density at radius 2 is 1.57 bits per heavy atom. The van der Waals surface area contributed by atoms with Crippen LogP contribution in [-0.4, -0.2) is 6.36 Å². The van der Waals surface area contributed by atoms with Crippen LogP contribution in [0.15, 0.2) is 54.6 Å². The average Bonchev–Trinajstić information content (AvgIpc) is 2.45. The molecular weight excluding hydrogens is 281 g/mol. The fraction of sp³-hybridized carbons (Fsp3) is 0.250. The summed E-state index contributed by atoms with van der Waals surface area (Å²) in [4.78, 5) is 0. The molecule has 0 aromatic heterocycles. The molecule has 2 nitrogen and oxygen atoms in total. The van der Waals surface area contributed by atoms with Crippen molar-refractivity contribution in [2.24, 2.45) is 0 Å². The fourth-order valence-electron chi connectivity index (χ4n) is 1.84. The number of hydrogen-bond donors (Lipinski definition) is 0. The summed E-state index contributed by atoms with van der Waals surface area (Å²) in [5.74, 6) is 0.599. The lowest BCUT2D eigenvalue weighted by Crippen LogP contribution is -2.16. The zero-order valence-corrected chi connectivity index (χ0v) is 11.4. The van der Waals surface area contributed by atoms with Crippen LogP contribution in [0.25, 0.3) is 0 Å². The molecule has 0 amide bonds. The van der Waals surface area contributed by atoms with Crippen LogP contribution in [0.4, 0.5) is 13.2 Å². The molecule has 0 aliphatic rings. The maximum absolute atomic E-state index is 12.1. The van der Waals surface area contributed by atoms with Crippen molar-refractivity contribution in [2.75, 3.05) is 0 Å². The topological polar surface area (TPSA) is 18.5 Å². The van der Waals surface area contributed by atoms with Crippen LogP contribution in [-0.2, 0) is 11.3 Å². The van der Waals surface area contributed by atoms with Crippen molar-refractivity contribution in [3.05, 3.63) is 65.7 Å². The number of alkyl halides is 3. The standard InChI is InChI=1S/C16H15F3O2/c1-12(21-16(17,18)19)14-7-9-15(10-8-14)20-11-13-5-3-2-4-6-13/h2-10,12H,11H2,1H3. The minimum atomic E-state index is -4.64. The first-order chi connectivity index (χ1) is 9.94. The Morgan fingerprint density at radius 3 is 2.14 bits per heavy atom. The van der Waals surface area contributed by atoms with Gasteiger partial charge in [0.15, 0.2) is 0 Å². The molecule has 112 valence electrons. The van der Waals surface area contributed by atoms with Gasteiger partial charge in [-0.1, -0.05) is 42.5 Å². The highest BCUT2D eigenvalue weighted by Crippen LogP contribution is 2.28. The third-order valence-electron chi connectivity index (χ3n) is 2.91. The number of ether oxygens (including phenoxy) is 2. The van der Waals surface area contributed by atoms with Crippen molar-refractivity contribution >= 4 is 0 Å². The van der Waals surface area contributed by atoms with Crippen molar-refractivity contribution < 1.29 is 22.6 Å². The van der Waals surface area contributed by atoms with E-state index in [0.29, 0.717) is 17.9 Å². The Hall–Kier alpha value is -2.01. The minimum Gasteiger partial charge on any atom is -0.489 e. The summed E-state index contributed by atoms with van der Waals surface area (Å²) in [5.41, 5.74) is 1.47. The van der Waals surface area contributed by atoms with E-state index >= 15 is 0 Å². The van der Waals surface area contributed by atoms with Crippen LogP contribution in [0.3, 0.4) is 0 Å². The quantitative estimate of drug-likeness (QED) is 0.784. The van der Waals surface area contributed by atoms with Crippen molar-refractivity contribution in [3.63, 3.8) is 0 Å². The molecule has 0 bridgehead atoms. The highest BCUT2D eigenvalue weighted by Gasteiger charge is 2.32.